The van der Waals surface area contributed by atoms with Crippen LogP contribution < -0.4 is 18.1 Å². The Morgan fingerprint density at radius 1 is 0.742 bits per heavy atom. The van der Waals surface area contributed by atoms with Crippen molar-refractivity contribution in [3.63, 3.8) is 0 Å². The molecule has 0 atom stereocenters. The zero-order chi connectivity index (χ0) is 22.9. The molecule has 5 heteroatoms. The van der Waals surface area contributed by atoms with Gasteiger partial charge in [-0.1, -0.05) is 77.4 Å². The molecular weight excluding hydrogens is 408 g/mol. The monoisotopic (exact) mass is 462 g/mol. The zero-order valence-electron chi connectivity index (χ0n) is 21.3. The summed E-state index contributed by atoms with van der Waals surface area (Å²) in [6, 6.07) is 0. The van der Waals surface area contributed by atoms with E-state index in [0.717, 1.165) is 30.3 Å². The highest BCUT2D eigenvalue weighted by atomic mass is 35.5. The van der Waals surface area contributed by atoms with Gasteiger partial charge < -0.3 is 27.7 Å². The number of nitrogens with zero attached hydrogens (tertiary/aromatic N) is 1. The van der Waals surface area contributed by atoms with Crippen LogP contribution >= 0.6 is 0 Å². The molecule has 0 saturated heterocycles. The number of carbonyl (C=O) groups excluding carboxylic acids is 1. The highest BCUT2D eigenvalue weighted by Crippen LogP contribution is 2.09. The van der Waals surface area contributed by atoms with Crippen molar-refractivity contribution in [3.05, 3.63) is 12.2 Å². The second-order valence-corrected chi connectivity index (χ2v) is 9.26. The van der Waals surface area contributed by atoms with Gasteiger partial charge in [-0.2, -0.15) is 0 Å². The van der Waals surface area contributed by atoms with E-state index in [1.807, 2.05) is 0 Å². The first-order chi connectivity index (χ1) is 14.4. The number of aliphatic hydroxyl groups is 1. The average molecular weight is 463 g/mol. The molecule has 4 nitrogen and oxygen atoms in total. The van der Waals surface area contributed by atoms with Gasteiger partial charge in [-0.05, 0) is 38.5 Å². The van der Waals surface area contributed by atoms with E-state index in [4.69, 9.17) is 10.8 Å². The molecule has 0 heterocycles. The van der Waals surface area contributed by atoms with Crippen LogP contribution in [-0.4, -0.2) is 49.3 Å². The molecular formula is C26H55ClN2O2. The number of nitrogens with two attached hydrogens (primary N) is 1. The minimum atomic E-state index is -0.164. The number of amides is 1. The maximum absolute atomic E-state index is 10.5. The minimum Gasteiger partial charge on any atom is -1.00 e. The smallest absolute Gasteiger partial charge is 0.217 e. The summed E-state index contributed by atoms with van der Waals surface area (Å²) in [5.41, 5.74) is 5.10. The quantitative estimate of drug-likeness (QED) is 0.165. The van der Waals surface area contributed by atoms with Crippen molar-refractivity contribution in [3.8, 4) is 0 Å². The predicted molar refractivity (Wildman–Crippen MR) is 132 cm³/mol. The van der Waals surface area contributed by atoms with Crippen LogP contribution in [0, 0.1) is 0 Å². The van der Waals surface area contributed by atoms with Crippen molar-refractivity contribution >= 4 is 5.91 Å². The standard InChI is InChI=1S/C18H35NO.C8H20NO.ClH/c1-2-3-4-5-6-7-8-9-10-11-12-13-14-15-16-17-18(19)20;1-4-6-9(2,3)7-5-8-10;/h9-10H,2-8,11-17H2,1H3,(H2,19,20);10H,4-8H2,1-3H3;1H/q;+1;/p-1/b10-9-;;. The maximum atomic E-state index is 10.5. The van der Waals surface area contributed by atoms with Crippen molar-refractivity contribution in [1.29, 1.82) is 0 Å². The molecule has 0 unspecified atom stereocenters. The molecule has 188 valence electrons. The van der Waals surface area contributed by atoms with Gasteiger partial charge in [0.05, 0.1) is 27.2 Å². The molecule has 0 spiro atoms. The molecule has 0 rings (SSSR count). The molecule has 3 N–H and O–H groups in total. The van der Waals surface area contributed by atoms with Crippen molar-refractivity contribution in [2.75, 3.05) is 33.8 Å². The first-order valence-corrected chi connectivity index (χ1v) is 12.8. The third-order valence-corrected chi connectivity index (χ3v) is 5.44. The van der Waals surface area contributed by atoms with Crippen molar-refractivity contribution in [2.45, 2.75) is 117 Å². The van der Waals surface area contributed by atoms with Gasteiger partial charge in [0.25, 0.3) is 0 Å². The number of aliphatic hydroxyl groups excluding tert-OH is 1. The van der Waals surface area contributed by atoms with Crippen molar-refractivity contribution in [1.82, 2.24) is 0 Å². The first kappa shape index (κ1) is 35.0. The first-order valence-electron chi connectivity index (χ1n) is 12.8. The van der Waals surface area contributed by atoms with E-state index < -0.39 is 0 Å². The fourth-order valence-electron chi connectivity index (χ4n) is 3.59. The van der Waals surface area contributed by atoms with Crippen LogP contribution in [0.15, 0.2) is 12.2 Å². The number of allylic oxidation sites excluding steroid dienone is 2. The number of halogens is 1. The molecule has 0 aliphatic carbocycles. The van der Waals surface area contributed by atoms with Crippen molar-refractivity contribution in [2.24, 2.45) is 5.73 Å². The van der Waals surface area contributed by atoms with E-state index in [1.165, 1.54) is 83.6 Å². The number of rotatable bonds is 20. The summed E-state index contributed by atoms with van der Waals surface area (Å²) in [4.78, 5) is 10.5. The number of carbonyl (C=O) groups is 1. The summed E-state index contributed by atoms with van der Waals surface area (Å²) in [5, 5.41) is 8.59. The van der Waals surface area contributed by atoms with E-state index in [1.54, 1.807) is 0 Å². The molecule has 31 heavy (non-hydrogen) atoms. The SMILES string of the molecule is CCCCCCCC/C=C\CCCCCCCC(N)=O.CCC[N+](C)(C)CCCO.[Cl-]. The van der Waals surface area contributed by atoms with Crippen LogP contribution in [0.2, 0.25) is 0 Å². The minimum absolute atomic E-state index is 0. The van der Waals surface area contributed by atoms with Crippen LogP contribution in [0.1, 0.15) is 117 Å². The van der Waals surface area contributed by atoms with E-state index in [-0.39, 0.29) is 18.3 Å². The fourth-order valence-corrected chi connectivity index (χ4v) is 3.59. The van der Waals surface area contributed by atoms with Crippen LogP contribution in [0.4, 0.5) is 0 Å². The second-order valence-electron chi connectivity index (χ2n) is 9.26. The Labute approximate surface area is 201 Å². The predicted octanol–water partition coefficient (Wildman–Crippen LogP) is 3.37. The topological polar surface area (TPSA) is 63.3 Å². The van der Waals surface area contributed by atoms with Gasteiger partial charge in [-0.3, -0.25) is 4.79 Å². The highest BCUT2D eigenvalue weighted by Gasteiger charge is 2.11. The summed E-state index contributed by atoms with van der Waals surface area (Å²) in [7, 11) is 4.42. The van der Waals surface area contributed by atoms with Gasteiger partial charge in [-0.25, -0.2) is 0 Å². The van der Waals surface area contributed by atoms with Gasteiger partial charge in [-0.15, -0.1) is 0 Å². The summed E-state index contributed by atoms with van der Waals surface area (Å²) in [6.45, 7) is 7.08. The fraction of sp³-hybridized carbons (Fsp3) is 0.885. The van der Waals surface area contributed by atoms with Gasteiger partial charge in [0, 0.05) is 19.4 Å². The summed E-state index contributed by atoms with van der Waals surface area (Å²) in [6.07, 6.45) is 24.1. The lowest BCUT2D eigenvalue weighted by Crippen LogP contribution is -3.00. The van der Waals surface area contributed by atoms with Crippen LogP contribution in [0.3, 0.4) is 0 Å². The Kier molecular flexibility index (Phi) is 31.0. The number of hydrogen-bond acceptors (Lipinski definition) is 2. The molecule has 0 saturated carbocycles. The molecule has 0 aliphatic heterocycles. The maximum Gasteiger partial charge on any atom is 0.217 e. The third kappa shape index (κ3) is 34.2. The van der Waals surface area contributed by atoms with Crippen LogP contribution in [0.25, 0.3) is 0 Å². The van der Waals surface area contributed by atoms with Gasteiger partial charge in [0.15, 0.2) is 0 Å². The summed E-state index contributed by atoms with van der Waals surface area (Å²) >= 11 is 0. The van der Waals surface area contributed by atoms with E-state index in [0.29, 0.717) is 13.0 Å². The van der Waals surface area contributed by atoms with Gasteiger partial charge in [0.1, 0.15) is 0 Å². The van der Waals surface area contributed by atoms with Gasteiger partial charge >= 0.3 is 0 Å². The third-order valence-electron chi connectivity index (χ3n) is 5.44. The van der Waals surface area contributed by atoms with Crippen molar-refractivity contribution < 1.29 is 26.8 Å². The lowest BCUT2D eigenvalue weighted by Gasteiger charge is -2.28. The summed E-state index contributed by atoms with van der Waals surface area (Å²) < 4.78 is 1.04. The van der Waals surface area contributed by atoms with Crippen LogP contribution in [0.5, 0.6) is 0 Å². The van der Waals surface area contributed by atoms with E-state index in [2.05, 4.69) is 40.1 Å². The number of hydrogen-bond donors (Lipinski definition) is 2. The Hall–Kier alpha value is -0.580. The molecule has 0 bridgehead atoms. The lowest BCUT2D eigenvalue weighted by atomic mass is 10.1. The van der Waals surface area contributed by atoms with E-state index >= 15 is 0 Å². The molecule has 0 radical (unpaired) electrons. The Bertz CT molecular complexity index is 388. The lowest BCUT2D eigenvalue weighted by molar-refractivity contribution is -0.890. The molecule has 0 aromatic rings. The van der Waals surface area contributed by atoms with Crippen LogP contribution in [-0.2, 0) is 4.79 Å². The van der Waals surface area contributed by atoms with Gasteiger partial charge in [0.2, 0.25) is 5.91 Å². The normalized spacial score (nSPS) is 11.1. The Morgan fingerprint density at radius 3 is 1.68 bits per heavy atom. The Balaban J connectivity index is -0.000000604. The number of quaternary nitrogens is 1. The highest BCUT2D eigenvalue weighted by molar-refractivity contribution is 5.73. The number of unbranched alkanes of at least 4 members (excludes halogenated alkanes) is 11. The average Bonchev–Trinajstić information content (AvgIpc) is 2.69. The summed E-state index contributed by atoms with van der Waals surface area (Å²) in [5.74, 6) is -0.164. The van der Waals surface area contributed by atoms with E-state index in [9.17, 15) is 4.79 Å². The molecule has 1 amide bonds. The Morgan fingerprint density at radius 2 is 1.23 bits per heavy atom. The molecule has 0 fully saturated rings. The largest absolute Gasteiger partial charge is 1.00 e. The zero-order valence-corrected chi connectivity index (χ0v) is 22.1. The second kappa shape index (κ2) is 27.5. The molecule has 0 aromatic heterocycles. The number of primary amides is 1. The molecule has 0 aromatic carbocycles. The molecule has 0 aliphatic rings.